The van der Waals surface area contributed by atoms with Gasteiger partial charge >= 0.3 is 0 Å². The molecule has 0 radical (unpaired) electrons. The highest BCUT2D eigenvalue weighted by molar-refractivity contribution is 6.30. The number of halogens is 1. The van der Waals surface area contributed by atoms with Crippen LogP contribution in [-0.4, -0.2) is 23.0 Å². The number of fused-ring (bicyclic) bond motifs is 2. The van der Waals surface area contributed by atoms with Crippen LogP contribution in [0.5, 0.6) is 0 Å². The molecule has 1 aromatic carbocycles. The second-order valence-corrected chi connectivity index (χ2v) is 5.87. The molecule has 0 unspecified atom stereocenters. The number of rotatable bonds is 1. The molecule has 0 saturated carbocycles. The minimum Gasteiger partial charge on any atom is -0.383 e. The van der Waals surface area contributed by atoms with Crippen LogP contribution in [-0.2, 0) is 6.42 Å². The summed E-state index contributed by atoms with van der Waals surface area (Å²) in [5.74, 6) is 0.624. The molecule has 5 heteroatoms. The number of nitrogens with zero attached hydrogens (tertiary/aromatic N) is 3. The first kappa shape index (κ1) is 12.5. The normalized spacial score (nSPS) is 13.9. The monoisotopic (exact) mass is 298 g/mol. The van der Waals surface area contributed by atoms with Gasteiger partial charge in [-0.25, -0.2) is 4.98 Å². The average Bonchev–Trinajstić information content (AvgIpc) is 3.01. The van der Waals surface area contributed by atoms with E-state index < -0.39 is 0 Å². The third-order valence-electron chi connectivity index (χ3n) is 4.10. The summed E-state index contributed by atoms with van der Waals surface area (Å²) < 4.78 is 1.83. The molecule has 0 amide bonds. The fourth-order valence-electron chi connectivity index (χ4n) is 2.96. The predicted octanol–water partition coefficient (Wildman–Crippen LogP) is 3.23. The summed E-state index contributed by atoms with van der Waals surface area (Å²) >= 11 is 6.03. The summed E-state index contributed by atoms with van der Waals surface area (Å²) in [5, 5.41) is 0.647. The lowest BCUT2D eigenvalue weighted by Crippen LogP contribution is -2.12. The van der Waals surface area contributed by atoms with Crippen molar-refractivity contribution < 1.29 is 0 Å². The van der Waals surface area contributed by atoms with E-state index >= 15 is 0 Å². The fourth-order valence-corrected chi connectivity index (χ4v) is 3.12. The van der Waals surface area contributed by atoms with Gasteiger partial charge in [-0.1, -0.05) is 17.7 Å². The maximum Gasteiger partial charge on any atom is 0.139 e. The van der Waals surface area contributed by atoms with Crippen molar-refractivity contribution in [3.8, 4) is 11.3 Å². The molecule has 1 aliphatic rings. The average molecular weight is 299 g/mol. The molecule has 0 spiro atoms. The first-order valence-electron chi connectivity index (χ1n) is 6.91. The number of imidazole rings is 1. The van der Waals surface area contributed by atoms with E-state index in [1.54, 1.807) is 6.20 Å². The van der Waals surface area contributed by atoms with Crippen LogP contribution < -0.4 is 10.6 Å². The molecule has 3 aromatic rings. The highest BCUT2D eigenvalue weighted by Crippen LogP contribution is 2.33. The van der Waals surface area contributed by atoms with Gasteiger partial charge < -0.3 is 10.6 Å². The predicted molar refractivity (Wildman–Crippen MR) is 87.0 cm³/mol. The van der Waals surface area contributed by atoms with Crippen LogP contribution >= 0.6 is 11.6 Å². The Hall–Kier alpha value is -2.20. The van der Waals surface area contributed by atoms with E-state index in [4.69, 9.17) is 17.3 Å². The van der Waals surface area contributed by atoms with Crippen LogP contribution in [0.1, 0.15) is 5.56 Å². The highest BCUT2D eigenvalue weighted by atomic mass is 35.5. The molecule has 1 aliphatic heterocycles. The van der Waals surface area contributed by atoms with E-state index in [9.17, 15) is 0 Å². The van der Waals surface area contributed by atoms with Gasteiger partial charge in [-0.15, -0.1) is 0 Å². The molecule has 4 nitrogen and oxygen atoms in total. The third-order valence-corrected chi connectivity index (χ3v) is 4.32. The van der Waals surface area contributed by atoms with Gasteiger partial charge in [0.05, 0.1) is 5.02 Å². The second kappa shape index (κ2) is 4.40. The van der Waals surface area contributed by atoms with Gasteiger partial charge in [0.2, 0.25) is 0 Å². The Morgan fingerprint density at radius 2 is 2.10 bits per heavy atom. The Morgan fingerprint density at radius 3 is 2.95 bits per heavy atom. The van der Waals surface area contributed by atoms with Gasteiger partial charge in [0, 0.05) is 31.0 Å². The van der Waals surface area contributed by atoms with Crippen LogP contribution in [0.25, 0.3) is 16.9 Å². The van der Waals surface area contributed by atoms with Crippen LogP contribution in [0.2, 0.25) is 5.02 Å². The van der Waals surface area contributed by atoms with Crippen molar-refractivity contribution in [2.45, 2.75) is 6.42 Å². The van der Waals surface area contributed by atoms with Gasteiger partial charge in [0.15, 0.2) is 0 Å². The molecule has 2 N–H and O–H groups in total. The number of anilines is 2. The van der Waals surface area contributed by atoms with E-state index in [2.05, 4.69) is 35.1 Å². The maximum atomic E-state index is 6.24. The summed E-state index contributed by atoms with van der Waals surface area (Å²) in [6.45, 7) is 1.06. The Labute approximate surface area is 127 Å². The van der Waals surface area contributed by atoms with Crippen molar-refractivity contribution in [3.63, 3.8) is 0 Å². The van der Waals surface area contributed by atoms with Gasteiger partial charge in [0.1, 0.15) is 17.2 Å². The van der Waals surface area contributed by atoms with E-state index in [0.717, 1.165) is 29.9 Å². The molecule has 0 bridgehead atoms. The molecule has 106 valence electrons. The Kier molecular flexibility index (Phi) is 2.62. The number of aromatic nitrogens is 2. The minimum absolute atomic E-state index is 0.624. The van der Waals surface area contributed by atoms with Crippen LogP contribution in [0.15, 0.2) is 36.5 Å². The SMILES string of the molecule is CN1CCc2cc(-c3nc4ccc(Cl)cn4c3N)ccc21. The van der Waals surface area contributed by atoms with E-state index in [1.165, 1.54) is 11.3 Å². The topological polar surface area (TPSA) is 46.6 Å². The number of likely N-dealkylation sites (N-methyl/N-ethyl adjacent to an activating group) is 1. The first-order chi connectivity index (χ1) is 10.1. The van der Waals surface area contributed by atoms with Crippen molar-refractivity contribution in [2.75, 3.05) is 24.2 Å². The van der Waals surface area contributed by atoms with Gasteiger partial charge in [-0.2, -0.15) is 0 Å². The lowest BCUT2D eigenvalue weighted by molar-refractivity contribution is 0.956. The van der Waals surface area contributed by atoms with E-state index in [-0.39, 0.29) is 0 Å². The Bertz CT molecular complexity index is 853. The molecule has 0 aliphatic carbocycles. The van der Waals surface area contributed by atoms with Crippen molar-refractivity contribution in [3.05, 3.63) is 47.1 Å². The largest absolute Gasteiger partial charge is 0.383 e. The van der Waals surface area contributed by atoms with Crippen molar-refractivity contribution in [1.29, 1.82) is 0 Å². The molecule has 0 saturated heterocycles. The Balaban J connectivity index is 1.89. The first-order valence-corrected chi connectivity index (χ1v) is 7.29. The fraction of sp³-hybridized carbons (Fsp3) is 0.188. The summed E-state index contributed by atoms with van der Waals surface area (Å²) in [6.07, 6.45) is 2.86. The summed E-state index contributed by atoms with van der Waals surface area (Å²) in [6, 6.07) is 10.1. The number of hydrogen-bond donors (Lipinski definition) is 1. The highest BCUT2D eigenvalue weighted by Gasteiger charge is 2.18. The Morgan fingerprint density at radius 1 is 1.24 bits per heavy atom. The standard InChI is InChI=1S/C16H15ClN4/c1-20-7-6-10-8-11(2-4-13(10)20)15-16(18)21-9-12(17)3-5-14(21)19-15/h2-5,8-9H,6-7,18H2,1H3. The quantitative estimate of drug-likeness (QED) is 0.750. The summed E-state index contributed by atoms with van der Waals surface area (Å²) in [4.78, 5) is 6.90. The maximum absolute atomic E-state index is 6.24. The molecule has 21 heavy (non-hydrogen) atoms. The third kappa shape index (κ3) is 1.87. The van der Waals surface area contributed by atoms with Crippen LogP contribution in [0, 0.1) is 0 Å². The van der Waals surface area contributed by atoms with Gasteiger partial charge in [-0.3, -0.25) is 4.40 Å². The number of nitrogens with two attached hydrogens (primary N) is 1. The van der Waals surface area contributed by atoms with Gasteiger partial charge in [-0.05, 0) is 36.2 Å². The van der Waals surface area contributed by atoms with Crippen LogP contribution in [0.3, 0.4) is 0 Å². The lowest BCUT2D eigenvalue weighted by atomic mass is 10.1. The van der Waals surface area contributed by atoms with Crippen molar-refractivity contribution in [1.82, 2.24) is 9.38 Å². The number of pyridine rings is 1. The van der Waals surface area contributed by atoms with Crippen LogP contribution in [0.4, 0.5) is 11.5 Å². The zero-order valence-electron chi connectivity index (χ0n) is 11.7. The summed E-state index contributed by atoms with van der Waals surface area (Å²) in [5.41, 5.74) is 11.6. The second-order valence-electron chi connectivity index (χ2n) is 5.44. The molecule has 4 rings (SSSR count). The molecular weight excluding hydrogens is 284 g/mol. The number of nitrogen functional groups attached to an aromatic ring is 1. The molecule has 0 fully saturated rings. The molecular formula is C16H15ClN4. The number of benzene rings is 1. The van der Waals surface area contributed by atoms with E-state index in [1.807, 2.05) is 16.5 Å². The molecule has 3 heterocycles. The van der Waals surface area contributed by atoms with Gasteiger partial charge in [0.25, 0.3) is 0 Å². The molecule has 2 aromatic heterocycles. The molecule has 0 atom stereocenters. The van der Waals surface area contributed by atoms with Crippen molar-refractivity contribution >= 4 is 28.8 Å². The minimum atomic E-state index is 0.624. The zero-order chi connectivity index (χ0) is 14.6. The summed E-state index contributed by atoms with van der Waals surface area (Å²) in [7, 11) is 2.12. The lowest BCUT2D eigenvalue weighted by Gasteiger charge is -2.11. The van der Waals surface area contributed by atoms with Crippen molar-refractivity contribution in [2.24, 2.45) is 0 Å². The number of hydrogen-bond acceptors (Lipinski definition) is 3. The smallest absolute Gasteiger partial charge is 0.139 e. The zero-order valence-corrected chi connectivity index (χ0v) is 12.4. The van der Waals surface area contributed by atoms with E-state index in [0.29, 0.717) is 10.8 Å².